The number of likely N-dealkylation sites (tertiary alicyclic amines) is 1. The van der Waals surface area contributed by atoms with Crippen molar-refractivity contribution in [2.24, 2.45) is 11.3 Å². The van der Waals surface area contributed by atoms with Crippen molar-refractivity contribution in [1.29, 1.82) is 0 Å². The summed E-state index contributed by atoms with van der Waals surface area (Å²) >= 11 is 0. The second-order valence-electron chi connectivity index (χ2n) is 8.29. The van der Waals surface area contributed by atoms with Gasteiger partial charge in [-0.2, -0.15) is 5.10 Å². The van der Waals surface area contributed by atoms with Crippen LogP contribution in [-0.2, 0) is 11.3 Å². The molecule has 0 unspecified atom stereocenters. The molecule has 1 N–H and O–H groups in total. The molecule has 1 atom stereocenters. The molecule has 0 radical (unpaired) electrons. The van der Waals surface area contributed by atoms with Crippen LogP contribution >= 0.6 is 0 Å². The third-order valence-corrected chi connectivity index (χ3v) is 4.85. The van der Waals surface area contributed by atoms with Gasteiger partial charge in [0.05, 0.1) is 6.20 Å². The third kappa shape index (κ3) is 4.00. The molecule has 1 aliphatic rings. The van der Waals surface area contributed by atoms with Crippen LogP contribution in [0.15, 0.2) is 12.3 Å². The highest BCUT2D eigenvalue weighted by atomic mass is 16.2. The monoisotopic (exact) mass is 343 g/mol. The number of nitrogens with zero attached hydrogens (tertiary/aromatic N) is 4. The van der Waals surface area contributed by atoms with Gasteiger partial charge in [-0.25, -0.2) is 9.50 Å². The molecule has 0 aliphatic carbocycles. The lowest BCUT2D eigenvalue weighted by atomic mass is 9.95. The third-order valence-electron chi connectivity index (χ3n) is 4.85. The van der Waals surface area contributed by atoms with Crippen molar-refractivity contribution in [2.45, 2.75) is 47.6 Å². The molecular formula is C19H29N5O. The maximum Gasteiger partial charge on any atom is 0.225 e. The lowest BCUT2D eigenvalue weighted by molar-refractivity contribution is -0.128. The van der Waals surface area contributed by atoms with Gasteiger partial charge in [-0.15, -0.1) is 0 Å². The van der Waals surface area contributed by atoms with E-state index in [1.54, 1.807) is 0 Å². The largest absolute Gasteiger partial charge is 0.355 e. The fraction of sp³-hybridized carbons (Fsp3) is 0.632. The van der Waals surface area contributed by atoms with Crippen molar-refractivity contribution < 1.29 is 4.79 Å². The van der Waals surface area contributed by atoms with E-state index in [0.29, 0.717) is 5.92 Å². The van der Waals surface area contributed by atoms with Gasteiger partial charge in [0, 0.05) is 42.0 Å². The van der Waals surface area contributed by atoms with Gasteiger partial charge in [-0.05, 0) is 38.8 Å². The lowest BCUT2D eigenvalue weighted by Crippen LogP contribution is -2.38. The zero-order valence-corrected chi connectivity index (χ0v) is 16.0. The molecule has 136 valence electrons. The quantitative estimate of drug-likeness (QED) is 0.925. The van der Waals surface area contributed by atoms with E-state index in [2.05, 4.69) is 27.2 Å². The molecule has 0 saturated carbocycles. The van der Waals surface area contributed by atoms with Crippen LogP contribution in [0.25, 0.3) is 5.65 Å². The first-order valence-electron chi connectivity index (χ1n) is 9.05. The van der Waals surface area contributed by atoms with Crippen LogP contribution in [0.5, 0.6) is 0 Å². The number of aryl methyl sites for hydroxylation is 2. The first kappa shape index (κ1) is 17.9. The Hall–Kier alpha value is -1.95. The van der Waals surface area contributed by atoms with E-state index in [1.807, 2.05) is 44.5 Å². The zero-order valence-electron chi connectivity index (χ0n) is 16.0. The van der Waals surface area contributed by atoms with Gasteiger partial charge in [0.1, 0.15) is 0 Å². The minimum atomic E-state index is -0.323. The van der Waals surface area contributed by atoms with E-state index in [0.717, 1.165) is 49.6 Å². The van der Waals surface area contributed by atoms with Gasteiger partial charge in [0.25, 0.3) is 0 Å². The summed E-state index contributed by atoms with van der Waals surface area (Å²) in [6.07, 6.45) is 3.05. The minimum Gasteiger partial charge on any atom is -0.355 e. The van der Waals surface area contributed by atoms with Crippen LogP contribution in [0.4, 0.5) is 0 Å². The van der Waals surface area contributed by atoms with E-state index in [9.17, 15) is 4.79 Å². The Morgan fingerprint density at radius 1 is 1.36 bits per heavy atom. The Morgan fingerprint density at radius 2 is 2.12 bits per heavy atom. The van der Waals surface area contributed by atoms with Crippen molar-refractivity contribution in [1.82, 2.24) is 24.8 Å². The first-order chi connectivity index (χ1) is 11.7. The molecular weight excluding hydrogens is 314 g/mol. The Morgan fingerprint density at radius 3 is 2.84 bits per heavy atom. The number of amides is 1. The average molecular weight is 343 g/mol. The molecule has 2 aromatic rings. The fourth-order valence-corrected chi connectivity index (χ4v) is 3.39. The zero-order chi connectivity index (χ0) is 18.2. The normalized spacial score (nSPS) is 18.8. The molecule has 6 nitrogen and oxygen atoms in total. The summed E-state index contributed by atoms with van der Waals surface area (Å²) in [5, 5.41) is 7.57. The highest BCUT2D eigenvalue weighted by Gasteiger charge is 2.26. The van der Waals surface area contributed by atoms with Gasteiger partial charge in [0.2, 0.25) is 5.91 Å². The molecule has 2 aromatic heterocycles. The Labute approximate surface area is 149 Å². The highest BCUT2D eigenvalue weighted by Crippen LogP contribution is 2.21. The molecule has 6 heteroatoms. The Kier molecular flexibility index (Phi) is 4.82. The molecule has 0 bridgehead atoms. The molecule has 1 fully saturated rings. The number of fused-ring (bicyclic) bond motifs is 1. The van der Waals surface area contributed by atoms with E-state index in [4.69, 9.17) is 0 Å². The predicted octanol–water partition coefficient (Wildman–Crippen LogP) is 2.33. The second-order valence-corrected chi connectivity index (χ2v) is 8.29. The summed E-state index contributed by atoms with van der Waals surface area (Å²) < 4.78 is 1.92. The van der Waals surface area contributed by atoms with E-state index >= 15 is 0 Å². The van der Waals surface area contributed by atoms with Gasteiger partial charge in [0.15, 0.2) is 5.65 Å². The number of nitrogens with one attached hydrogen (secondary N) is 1. The van der Waals surface area contributed by atoms with Gasteiger partial charge in [-0.3, -0.25) is 9.69 Å². The van der Waals surface area contributed by atoms with Gasteiger partial charge in [-0.1, -0.05) is 20.8 Å². The number of hydrogen-bond acceptors (Lipinski definition) is 4. The van der Waals surface area contributed by atoms with Crippen LogP contribution in [0.3, 0.4) is 0 Å². The maximum absolute atomic E-state index is 12.0. The van der Waals surface area contributed by atoms with Crippen molar-refractivity contribution in [2.75, 3.05) is 19.6 Å². The van der Waals surface area contributed by atoms with Gasteiger partial charge < -0.3 is 5.32 Å². The number of rotatable bonds is 4. The molecule has 0 spiro atoms. The minimum absolute atomic E-state index is 0.128. The number of carbonyl (C=O) groups excluding carboxylic acids is 1. The molecule has 1 amide bonds. The van der Waals surface area contributed by atoms with Crippen LogP contribution in [0.2, 0.25) is 0 Å². The SMILES string of the molecule is Cc1cc(C)n2ncc(CN3CC[C@H](CNC(=O)C(C)(C)C)C3)c2n1. The number of carbonyl (C=O) groups is 1. The van der Waals surface area contributed by atoms with Crippen molar-refractivity contribution >= 4 is 11.6 Å². The second kappa shape index (κ2) is 6.75. The van der Waals surface area contributed by atoms with E-state index < -0.39 is 0 Å². The molecule has 0 aromatic carbocycles. The first-order valence-corrected chi connectivity index (χ1v) is 9.05. The van der Waals surface area contributed by atoms with Gasteiger partial charge >= 0.3 is 0 Å². The van der Waals surface area contributed by atoms with Crippen LogP contribution in [0, 0.1) is 25.2 Å². The lowest BCUT2D eigenvalue weighted by Gasteiger charge is -2.20. The predicted molar refractivity (Wildman–Crippen MR) is 98.3 cm³/mol. The average Bonchev–Trinajstić information content (AvgIpc) is 3.12. The summed E-state index contributed by atoms with van der Waals surface area (Å²) in [5.74, 6) is 0.647. The molecule has 1 aliphatic heterocycles. The van der Waals surface area contributed by atoms with Crippen LogP contribution in [-0.4, -0.2) is 45.0 Å². The summed E-state index contributed by atoms with van der Waals surface area (Å²) in [5.41, 5.74) is 3.94. The number of aromatic nitrogens is 3. The molecule has 3 rings (SSSR count). The molecule has 25 heavy (non-hydrogen) atoms. The Bertz CT molecular complexity index is 774. The van der Waals surface area contributed by atoms with Crippen molar-refractivity contribution in [3.8, 4) is 0 Å². The maximum atomic E-state index is 12.0. The summed E-state index contributed by atoms with van der Waals surface area (Å²) in [7, 11) is 0. The highest BCUT2D eigenvalue weighted by molar-refractivity contribution is 5.81. The topological polar surface area (TPSA) is 62.5 Å². The van der Waals surface area contributed by atoms with E-state index in [-0.39, 0.29) is 11.3 Å². The van der Waals surface area contributed by atoms with Crippen LogP contribution < -0.4 is 5.32 Å². The fourth-order valence-electron chi connectivity index (χ4n) is 3.39. The summed E-state index contributed by atoms with van der Waals surface area (Å²) in [4.78, 5) is 19.1. The summed E-state index contributed by atoms with van der Waals surface area (Å²) in [6, 6.07) is 2.05. The van der Waals surface area contributed by atoms with Crippen molar-refractivity contribution in [3.05, 3.63) is 29.2 Å². The molecule has 3 heterocycles. The van der Waals surface area contributed by atoms with Crippen LogP contribution in [0.1, 0.15) is 44.1 Å². The Balaban J connectivity index is 1.60. The number of hydrogen-bond donors (Lipinski definition) is 1. The van der Waals surface area contributed by atoms with Crippen molar-refractivity contribution in [3.63, 3.8) is 0 Å². The summed E-state index contributed by atoms with van der Waals surface area (Å²) in [6.45, 7) is 13.6. The molecule has 1 saturated heterocycles. The van der Waals surface area contributed by atoms with E-state index in [1.165, 1.54) is 5.56 Å². The smallest absolute Gasteiger partial charge is 0.225 e. The standard InChI is InChI=1S/C19H29N5O/c1-13-8-14(2)24-17(22-13)16(10-21-24)12-23-7-6-15(11-23)9-20-18(25)19(3,4)5/h8,10,15H,6-7,9,11-12H2,1-5H3,(H,20,25)/t15-/m1/s1.